The minimum atomic E-state index is -1.14. The van der Waals surface area contributed by atoms with Crippen molar-refractivity contribution < 1.29 is 19.4 Å². The summed E-state index contributed by atoms with van der Waals surface area (Å²) >= 11 is 0.935. The summed E-state index contributed by atoms with van der Waals surface area (Å²) in [5.41, 5.74) is 6.80. The van der Waals surface area contributed by atoms with Gasteiger partial charge in [-0.25, -0.2) is 9.59 Å². The Morgan fingerprint density at radius 1 is 1.30 bits per heavy atom. The normalized spacial score (nSPS) is 10.2. The molecule has 1 aromatic heterocycles. The highest BCUT2D eigenvalue weighted by Gasteiger charge is 2.23. The van der Waals surface area contributed by atoms with Crippen molar-refractivity contribution in [2.45, 2.75) is 13.5 Å². The van der Waals surface area contributed by atoms with Gasteiger partial charge in [-0.3, -0.25) is 0 Å². The molecule has 0 unspecified atom stereocenters. The van der Waals surface area contributed by atoms with Crippen molar-refractivity contribution in [1.29, 1.82) is 0 Å². The first-order valence-electron chi connectivity index (χ1n) is 5.84. The molecule has 20 heavy (non-hydrogen) atoms. The van der Waals surface area contributed by atoms with E-state index in [1.807, 2.05) is 30.3 Å². The average molecular weight is 291 g/mol. The van der Waals surface area contributed by atoms with Gasteiger partial charge in [-0.15, -0.1) is 11.3 Å². The number of ether oxygens (including phenoxy) is 1. The zero-order valence-electron chi connectivity index (χ0n) is 10.8. The van der Waals surface area contributed by atoms with Crippen molar-refractivity contribution in [1.82, 2.24) is 0 Å². The van der Waals surface area contributed by atoms with Gasteiger partial charge in [-0.2, -0.15) is 0 Å². The maximum absolute atomic E-state index is 12.0. The number of benzene rings is 1. The molecule has 0 atom stereocenters. The fourth-order valence-corrected chi connectivity index (χ4v) is 2.74. The summed E-state index contributed by atoms with van der Waals surface area (Å²) in [5.74, 6) is -1.70. The van der Waals surface area contributed by atoms with Gasteiger partial charge in [-0.1, -0.05) is 30.3 Å². The summed E-state index contributed by atoms with van der Waals surface area (Å²) in [6.45, 7) is 1.69. The number of rotatable bonds is 4. The first-order chi connectivity index (χ1) is 9.50. The number of carboxylic acid groups (broad SMARTS) is 1. The molecule has 1 aromatic carbocycles. The number of hydrogen-bond acceptors (Lipinski definition) is 5. The van der Waals surface area contributed by atoms with Crippen LogP contribution in [0.3, 0.4) is 0 Å². The highest BCUT2D eigenvalue weighted by atomic mass is 32.1. The van der Waals surface area contributed by atoms with Gasteiger partial charge < -0.3 is 15.6 Å². The van der Waals surface area contributed by atoms with Crippen molar-refractivity contribution in [2.75, 3.05) is 5.73 Å². The molecule has 0 aliphatic carbocycles. The van der Waals surface area contributed by atoms with Crippen LogP contribution < -0.4 is 5.73 Å². The minimum absolute atomic E-state index is 0.0262. The third kappa shape index (κ3) is 2.80. The largest absolute Gasteiger partial charge is 0.478 e. The molecule has 0 aliphatic rings. The van der Waals surface area contributed by atoms with Crippen LogP contribution in [0.15, 0.2) is 30.3 Å². The van der Waals surface area contributed by atoms with Crippen LogP contribution in [0.2, 0.25) is 0 Å². The Morgan fingerprint density at radius 2 is 1.95 bits per heavy atom. The van der Waals surface area contributed by atoms with Crippen LogP contribution in [0.4, 0.5) is 5.00 Å². The highest BCUT2D eigenvalue weighted by Crippen LogP contribution is 2.31. The number of nitrogen functional groups attached to an aromatic ring is 1. The monoisotopic (exact) mass is 291 g/mol. The molecule has 6 heteroatoms. The number of aromatic carboxylic acids is 1. The van der Waals surface area contributed by atoms with Crippen LogP contribution in [-0.4, -0.2) is 17.0 Å². The Bertz CT molecular complexity index is 649. The average Bonchev–Trinajstić information content (AvgIpc) is 2.72. The number of carbonyl (C=O) groups is 2. The molecule has 0 aliphatic heterocycles. The molecular formula is C14H13NO4S. The molecule has 0 radical (unpaired) electrons. The Morgan fingerprint density at radius 3 is 2.50 bits per heavy atom. The summed E-state index contributed by atoms with van der Waals surface area (Å²) < 4.78 is 5.17. The van der Waals surface area contributed by atoms with E-state index in [9.17, 15) is 9.59 Å². The summed E-state index contributed by atoms with van der Waals surface area (Å²) in [6.07, 6.45) is 0. The second-order valence-electron chi connectivity index (χ2n) is 4.16. The number of carboxylic acids is 1. The third-order valence-electron chi connectivity index (χ3n) is 2.79. The number of carbonyl (C=O) groups excluding carboxylic acids is 1. The fourth-order valence-electron chi connectivity index (χ4n) is 1.79. The SMILES string of the molecule is Cc1c(C(=O)OCc2ccccc2)sc(N)c1C(=O)O. The van der Waals surface area contributed by atoms with E-state index in [0.29, 0.717) is 5.56 Å². The number of hydrogen-bond donors (Lipinski definition) is 2. The van der Waals surface area contributed by atoms with Gasteiger partial charge in [0, 0.05) is 0 Å². The Balaban J connectivity index is 2.14. The smallest absolute Gasteiger partial charge is 0.349 e. The number of anilines is 1. The lowest BCUT2D eigenvalue weighted by Gasteiger charge is -2.04. The Hall–Kier alpha value is -2.34. The van der Waals surface area contributed by atoms with Gasteiger partial charge in [0.2, 0.25) is 0 Å². The standard InChI is InChI=1S/C14H13NO4S/c1-8-10(13(16)17)12(15)20-11(8)14(18)19-7-9-5-3-2-4-6-9/h2-6H,7,15H2,1H3,(H,16,17). The lowest BCUT2D eigenvalue weighted by molar-refractivity contribution is 0.0478. The van der Waals surface area contributed by atoms with Crippen molar-refractivity contribution >= 4 is 28.3 Å². The Kier molecular flexibility index (Phi) is 4.05. The van der Waals surface area contributed by atoms with Crippen LogP contribution in [0, 0.1) is 6.92 Å². The van der Waals surface area contributed by atoms with Crippen molar-refractivity contribution in [3.63, 3.8) is 0 Å². The molecule has 2 aromatic rings. The summed E-state index contributed by atoms with van der Waals surface area (Å²) in [7, 11) is 0. The molecule has 3 N–H and O–H groups in total. The van der Waals surface area contributed by atoms with Crippen molar-refractivity contribution in [2.24, 2.45) is 0 Å². The minimum Gasteiger partial charge on any atom is -0.478 e. The molecule has 0 fully saturated rings. The van der Waals surface area contributed by atoms with E-state index in [0.717, 1.165) is 16.9 Å². The molecule has 1 heterocycles. The van der Waals surface area contributed by atoms with Crippen LogP contribution in [0.1, 0.15) is 31.2 Å². The van der Waals surface area contributed by atoms with E-state index >= 15 is 0 Å². The molecule has 0 bridgehead atoms. The molecule has 0 spiro atoms. The lowest BCUT2D eigenvalue weighted by atomic mass is 10.1. The molecule has 0 saturated carbocycles. The van der Waals surface area contributed by atoms with E-state index in [4.69, 9.17) is 15.6 Å². The van der Waals surface area contributed by atoms with Gasteiger partial charge in [0.25, 0.3) is 0 Å². The van der Waals surface area contributed by atoms with Crippen LogP contribution >= 0.6 is 11.3 Å². The first-order valence-corrected chi connectivity index (χ1v) is 6.65. The number of esters is 1. The summed E-state index contributed by atoms with van der Waals surface area (Å²) in [6, 6.07) is 9.24. The van der Waals surface area contributed by atoms with Gasteiger partial charge in [0.15, 0.2) is 0 Å². The van der Waals surface area contributed by atoms with E-state index in [2.05, 4.69) is 0 Å². The van der Waals surface area contributed by atoms with Crippen molar-refractivity contribution in [3.8, 4) is 0 Å². The molecule has 5 nitrogen and oxygen atoms in total. The van der Waals surface area contributed by atoms with Gasteiger partial charge in [0.1, 0.15) is 16.5 Å². The summed E-state index contributed by atoms with van der Waals surface area (Å²) in [5, 5.41) is 9.14. The van der Waals surface area contributed by atoms with Gasteiger partial charge >= 0.3 is 11.9 Å². The molecule has 104 valence electrons. The third-order valence-corrected chi connectivity index (χ3v) is 3.89. The fraction of sp³-hybridized carbons (Fsp3) is 0.143. The van der Waals surface area contributed by atoms with E-state index < -0.39 is 11.9 Å². The predicted molar refractivity (Wildman–Crippen MR) is 76.0 cm³/mol. The second kappa shape index (κ2) is 5.75. The molecule has 0 saturated heterocycles. The second-order valence-corrected chi connectivity index (χ2v) is 5.21. The number of nitrogens with two attached hydrogens (primary N) is 1. The van der Waals surface area contributed by atoms with E-state index in [1.54, 1.807) is 6.92 Å². The van der Waals surface area contributed by atoms with E-state index in [1.165, 1.54) is 0 Å². The topological polar surface area (TPSA) is 89.6 Å². The Labute approximate surface area is 119 Å². The maximum atomic E-state index is 12.0. The molecule has 0 amide bonds. The first kappa shape index (κ1) is 14.1. The van der Waals surface area contributed by atoms with Gasteiger partial charge in [0.05, 0.1) is 5.56 Å². The molecular weight excluding hydrogens is 278 g/mol. The molecule has 2 rings (SSSR count). The van der Waals surface area contributed by atoms with Crippen LogP contribution in [-0.2, 0) is 11.3 Å². The zero-order chi connectivity index (χ0) is 14.7. The van der Waals surface area contributed by atoms with Crippen LogP contribution in [0.5, 0.6) is 0 Å². The van der Waals surface area contributed by atoms with Crippen molar-refractivity contribution in [3.05, 3.63) is 51.9 Å². The number of thiophene rings is 1. The van der Waals surface area contributed by atoms with E-state index in [-0.39, 0.29) is 22.0 Å². The maximum Gasteiger partial charge on any atom is 0.349 e. The summed E-state index contributed by atoms with van der Waals surface area (Å²) in [4.78, 5) is 23.2. The van der Waals surface area contributed by atoms with Crippen LogP contribution in [0.25, 0.3) is 0 Å². The predicted octanol–water partition coefficient (Wildman–Crippen LogP) is 2.69. The highest BCUT2D eigenvalue weighted by molar-refractivity contribution is 7.18. The quantitative estimate of drug-likeness (QED) is 0.845. The lowest BCUT2D eigenvalue weighted by Crippen LogP contribution is -2.06. The van der Waals surface area contributed by atoms with Gasteiger partial charge in [-0.05, 0) is 18.1 Å². The zero-order valence-corrected chi connectivity index (χ0v) is 11.6.